The predicted octanol–water partition coefficient (Wildman–Crippen LogP) is 2.45. The van der Waals surface area contributed by atoms with Crippen LogP contribution in [0.4, 0.5) is 10.1 Å². The first-order valence-electron chi connectivity index (χ1n) is 10.5. The van der Waals surface area contributed by atoms with Gasteiger partial charge in [-0.15, -0.1) is 11.3 Å². The number of hydrogen-bond acceptors (Lipinski definition) is 5. The Morgan fingerprint density at radius 3 is 2.47 bits per heavy atom. The second kappa shape index (κ2) is 9.47. The van der Waals surface area contributed by atoms with E-state index in [2.05, 4.69) is 10.6 Å². The number of nitrogens with zero attached hydrogens (tertiary/aromatic N) is 2. The van der Waals surface area contributed by atoms with Crippen molar-refractivity contribution in [3.8, 4) is 0 Å². The molecule has 0 atom stereocenters. The lowest BCUT2D eigenvalue weighted by molar-refractivity contribution is -0.122. The first-order valence-corrected chi connectivity index (χ1v) is 11.4. The van der Waals surface area contributed by atoms with Crippen molar-refractivity contribution in [2.24, 2.45) is 0 Å². The van der Waals surface area contributed by atoms with E-state index in [1.807, 2.05) is 0 Å². The maximum absolute atomic E-state index is 13.1. The van der Waals surface area contributed by atoms with Crippen LogP contribution >= 0.6 is 11.3 Å². The molecule has 8 nitrogen and oxygen atoms in total. The Balaban J connectivity index is 1.52. The van der Waals surface area contributed by atoms with Crippen LogP contribution in [-0.2, 0) is 22.7 Å². The topological polar surface area (TPSA) is 102 Å². The zero-order chi connectivity index (χ0) is 22.7. The fourth-order valence-electron chi connectivity index (χ4n) is 3.94. The van der Waals surface area contributed by atoms with E-state index in [1.54, 1.807) is 11.4 Å². The highest BCUT2D eigenvalue weighted by atomic mass is 32.1. The minimum Gasteiger partial charge on any atom is -0.352 e. The Bertz CT molecular complexity index is 1260. The smallest absolute Gasteiger partial charge is 0.332 e. The molecule has 3 aromatic rings. The highest BCUT2D eigenvalue weighted by molar-refractivity contribution is 7.17. The summed E-state index contributed by atoms with van der Waals surface area (Å²) in [7, 11) is 0. The summed E-state index contributed by atoms with van der Waals surface area (Å²) in [5, 5.41) is 7.26. The Kier molecular flexibility index (Phi) is 6.50. The molecule has 1 aliphatic carbocycles. The van der Waals surface area contributed by atoms with E-state index in [1.165, 1.54) is 40.2 Å². The van der Waals surface area contributed by atoms with E-state index in [9.17, 15) is 23.6 Å². The predicted molar refractivity (Wildman–Crippen MR) is 120 cm³/mol. The Morgan fingerprint density at radius 2 is 1.75 bits per heavy atom. The summed E-state index contributed by atoms with van der Waals surface area (Å²) in [6, 6.07) is 7.06. The van der Waals surface area contributed by atoms with Gasteiger partial charge in [-0.25, -0.2) is 9.18 Å². The summed E-state index contributed by atoms with van der Waals surface area (Å²) in [6.07, 6.45) is 3.88. The van der Waals surface area contributed by atoms with Gasteiger partial charge in [-0.05, 0) is 48.6 Å². The summed E-state index contributed by atoms with van der Waals surface area (Å²) in [5.74, 6) is -1.11. The monoisotopic (exact) mass is 458 g/mol. The van der Waals surface area contributed by atoms with Crippen molar-refractivity contribution in [1.82, 2.24) is 14.5 Å². The van der Waals surface area contributed by atoms with Crippen LogP contribution in [0.5, 0.6) is 0 Å². The minimum absolute atomic E-state index is 0.122. The van der Waals surface area contributed by atoms with Gasteiger partial charge in [0.15, 0.2) is 0 Å². The van der Waals surface area contributed by atoms with Gasteiger partial charge in [0, 0.05) is 24.7 Å². The van der Waals surface area contributed by atoms with Crippen molar-refractivity contribution in [3.05, 3.63) is 62.4 Å². The normalized spacial score (nSPS) is 14.0. The summed E-state index contributed by atoms with van der Waals surface area (Å²) >= 11 is 1.19. The number of amides is 2. The van der Waals surface area contributed by atoms with Crippen LogP contribution in [0.2, 0.25) is 0 Å². The van der Waals surface area contributed by atoms with Gasteiger partial charge in [-0.2, -0.15) is 0 Å². The van der Waals surface area contributed by atoms with Crippen molar-refractivity contribution < 1.29 is 14.0 Å². The molecule has 4 rings (SSSR count). The molecule has 32 heavy (non-hydrogen) atoms. The van der Waals surface area contributed by atoms with Crippen LogP contribution < -0.4 is 21.9 Å². The fourth-order valence-corrected chi connectivity index (χ4v) is 4.78. The summed E-state index contributed by atoms with van der Waals surface area (Å²) in [6.45, 7) is -0.326. The van der Waals surface area contributed by atoms with Crippen LogP contribution in [-0.4, -0.2) is 27.0 Å². The number of thiophene rings is 1. The maximum Gasteiger partial charge on any atom is 0.332 e. The molecular formula is C22H23FN4O4S. The molecule has 1 saturated carbocycles. The van der Waals surface area contributed by atoms with Gasteiger partial charge in [0.05, 0.1) is 5.52 Å². The third-order valence-electron chi connectivity index (χ3n) is 5.55. The van der Waals surface area contributed by atoms with Gasteiger partial charge in [-0.1, -0.05) is 12.8 Å². The van der Waals surface area contributed by atoms with E-state index in [-0.39, 0.29) is 31.5 Å². The molecule has 0 radical (unpaired) electrons. The number of anilines is 1. The van der Waals surface area contributed by atoms with Crippen molar-refractivity contribution in [2.75, 3.05) is 5.32 Å². The lowest BCUT2D eigenvalue weighted by atomic mass is 10.2. The van der Waals surface area contributed by atoms with E-state index in [0.717, 1.165) is 30.3 Å². The number of carbonyl (C=O) groups excluding carboxylic acids is 2. The molecule has 168 valence electrons. The number of rotatable bonds is 7. The highest BCUT2D eigenvalue weighted by Crippen LogP contribution is 2.18. The summed E-state index contributed by atoms with van der Waals surface area (Å²) in [4.78, 5) is 50.7. The fraction of sp³-hybridized carbons (Fsp3) is 0.364. The summed E-state index contributed by atoms with van der Waals surface area (Å²) < 4.78 is 15.6. The van der Waals surface area contributed by atoms with Gasteiger partial charge >= 0.3 is 5.69 Å². The number of benzene rings is 1. The molecule has 0 saturated heterocycles. The average molecular weight is 459 g/mol. The zero-order valence-electron chi connectivity index (χ0n) is 17.3. The van der Waals surface area contributed by atoms with Crippen molar-refractivity contribution in [2.45, 2.75) is 51.2 Å². The van der Waals surface area contributed by atoms with Crippen molar-refractivity contribution in [3.63, 3.8) is 0 Å². The molecule has 2 N–H and O–H groups in total. The number of aromatic nitrogens is 2. The SMILES string of the molecule is O=C(CCn1c(=O)c2sccc2n(CC(=O)NC2CCCC2)c1=O)Nc1ccc(F)cc1. The molecule has 2 heterocycles. The lowest BCUT2D eigenvalue weighted by Crippen LogP contribution is -2.43. The molecular weight excluding hydrogens is 435 g/mol. The van der Waals surface area contributed by atoms with Gasteiger partial charge < -0.3 is 10.6 Å². The molecule has 2 amide bonds. The molecule has 0 aliphatic heterocycles. The van der Waals surface area contributed by atoms with E-state index in [0.29, 0.717) is 15.9 Å². The van der Waals surface area contributed by atoms with Crippen LogP contribution in [0.25, 0.3) is 10.2 Å². The Labute approximate surface area is 186 Å². The molecule has 0 spiro atoms. The molecule has 1 aliphatic rings. The van der Waals surface area contributed by atoms with Crippen LogP contribution in [0.15, 0.2) is 45.3 Å². The second-order valence-corrected chi connectivity index (χ2v) is 8.73. The number of carbonyl (C=O) groups is 2. The standard InChI is InChI=1S/C22H23FN4O4S/c23-14-5-7-16(8-6-14)24-18(28)9-11-26-21(30)20-17(10-12-32-20)27(22(26)31)13-19(29)25-15-3-1-2-4-15/h5-8,10,12,15H,1-4,9,11,13H2,(H,24,28)(H,25,29). The van der Waals surface area contributed by atoms with E-state index in [4.69, 9.17) is 0 Å². The highest BCUT2D eigenvalue weighted by Gasteiger charge is 2.20. The lowest BCUT2D eigenvalue weighted by Gasteiger charge is -2.15. The first-order chi connectivity index (χ1) is 15.4. The third-order valence-corrected chi connectivity index (χ3v) is 6.44. The molecule has 0 unspecified atom stereocenters. The summed E-state index contributed by atoms with van der Waals surface area (Å²) in [5.41, 5.74) is -0.281. The molecule has 0 bridgehead atoms. The number of nitrogens with one attached hydrogen (secondary N) is 2. The Hall–Kier alpha value is -3.27. The number of hydrogen-bond donors (Lipinski definition) is 2. The van der Waals surface area contributed by atoms with Crippen LogP contribution in [0.1, 0.15) is 32.1 Å². The molecule has 2 aromatic heterocycles. The maximum atomic E-state index is 13.1. The van der Waals surface area contributed by atoms with Crippen molar-refractivity contribution >= 4 is 39.1 Å². The quantitative estimate of drug-likeness (QED) is 0.568. The molecule has 1 fully saturated rings. The number of halogens is 1. The van der Waals surface area contributed by atoms with Gasteiger partial charge in [0.25, 0.3) is 5.56 Å². The number of fused-ring (bicyclic) bond motifs is 1. The third kappa shape index (κ3) is 4.80. The van der Waals surface area contributed by atoms with Gasteiger partial charge in [0.1, 0.15) is 17.1 Å². The van der Waals surface area contributed by atoms with Crippen LogP contribution in [0, 0.1) is 5.82 Å². The average Bonchev–Trinajstić information content (AvgIpc) is 3.45. The first kappa shape index (κ1) is 21.9. The molecule has 10 heteroatoms. The molecule has 1 aromatic carbocycles. The minimum atomic E-state index is -0.628. The van der Waals surface area contributed by atoms with Crippen LogP contribution in [0.3, 0.4) is 0 Å². The second-order valence-electron chi connectivity index (χ2n) is 7.81. The zero-order valence-corrected chi connectivity index (χ0v) is 18.1. The largest absolute Gasteiger partial charge is 0.352 e. The van der Waals surface area contributed by atoms with Gasteiger partial charge in [0.2, 0.25) is 11.8 Å². The van der Waals surface area contributed by atoms with E-state index >= 15 is 0 Å². The Morgan fingerprint density at radius 1 is 1.03 bits per heavy atom. The van der Waals surface area contributed by atoms with Gasteiger partial charge in [-0.3, -0.25) is 23.5 Å². The van der Waals surface area contributed by atoms with E-state index < -0.39 is 23.0 Å². The van der Waals surface area contributed by atoms with Crippen molar-refractivity contribution in [1.29, 1.82) is 0 Å².